The van der Waals surface area contributed by atoms with Crippen molar-refractivity contribution in [1.82, 2.24) is 4.90 Å². The van der Waals surface area contributed by atoms with E-state index in [0.29, 0.717) is 0 Å². The highest BCUT2D eigenvalue weighted by Gasteiger charge is 2.14. The Kier molecular flexibility index (Phi) is 5.30. The number of benzene rings is 1. The highest BCUT2D eigenvalue weighted by molar-refractivity contribution is 5.28. The molecule has 0 atom stereocenters. The third kappa shape index (κ3) is 3.89. The topological polar surface area (TPSA) is 3.24 Å². The maximum absolute atomic E-state index is 5.25. The summed E-state index contributed by atoms with van der Waals surface area (Å²) in [7, 11) is 0. The molecule has 1 aromatic carbocycles. The van der Waals surface area contributed by atoms with E-state index in [1.54, 1.807) is 5.56 Å². The molecule has 0 fully saturated rings. The van der Waals surface area contributed by atoms with Crippen LogP contribution in [0.5, 0.6) is 0 Å². The molecule has 0 radical (unpaired) electrons. The zero-order chi connectivity index (χ0) is 12.6. The molecule has 0 N–H and O–H groups in total. The van der Waals surface area contributed by atoms with Gasteiger partial charge in [0, 0.05) is 19.5 Å². The largest absolute Gasteiger partial charge is 0.299 e. The number of hydrogen-bond acceptors (Lipinski definition) is 1. The van der Waals surface area contributed by atoms with E-state index in [4.69, 9.17) is 6.42 Å². The van der Waals surface area contributed by atoms with E-state index >= 15 is 0 Å². The summed E-state index contributed by atoms with van der Waals surface area (Å²) in [6.07, 6.45) is 12.5. The zero-order valence-electron chi connectivity index (χ0n) is 11.2. The van der Waals surface area contributed by atoms with Crippen LogP contribution in [0.3, 0.4) is 0 Å². The fourth-order valence-corrected chi connectivity index (χ4v) is 2.66. The predicted octanol–water partition coefficient (Wildman–Crippen LogP) is 3.63. The van der Waals surface area contributed by atoms with Gasteiger partial charge in [-0.05, 0) is 36.9 Å². The van der Waals surface area contributed by atoms with Crippen molar-refractivity contribution in [1.29, 1.82) is 0 Å². The minimum atomic E-state index is 0.942. The van der Waals surface area contributed by atoms with Crippen molar-refractivity contribution in [3.63, 3.8) is 0 Å². The van der Waals surface area contributed by atoms with Gasteiger partial charge in [-0.15, -0.1) is 12.3 Å². The van der Waals surface area contributed by atoms with E-state index in [0.717, 1.165) is 13.0 Å². The molecule has 0 aliphatic carbocycles. The standard InChI is InChI=1S/C17H23N/c1-2-3-4-5-6-9-13-18-14-12-16-10-7-8-11-17(16)15-18/h1,7-8,10-11H,3-6,9,12-15H2. The van der Waals surface area contributed by atoms with Crippen molar-refractivity contribution in [2.75, 3.05) is 13.1 Å². The first-order chi connectivity index (χ1) is 8.90. The maximum Gasteiger partial charge on any atom is 0.0236 e. The van der Waals surface area contributed by atoms with E-state index in [1.807, 2.05) is 0 Å². The average Bonchev–Trinajstić information content (AvgIpc) is 2.42. The van der Waals surface area contributed by atoms with Gasteiger partial charge in [0.05, 0.1) is 0 Å². The summed E-state index contributed by atoms with van der Waals surface area (Å²) < 4.78 is 0. The Bertz CT molecular complexity index is 402. The van der Waals surface area contributed by atoms with E-state index < -0.39 is 0 Å². The van der Waals surface area contributed by atoms with Crippen LogP contribution in [0.25, 0.3) is 0 Å². The summed E-state index contributed by atoms with van der Waals surface area (Å²) in [5, 5.41) is 0. The van der Waals surface area contributed by atoms with Gasteiger partial charge < -0.3 is 0 Å². The highest BCUT2D eigenvalue weighted by Crippen LogP contribution is 2.18. The Balaban J connectivity index is 1.66. The first-order valence-corrected chi connectivity index (χ1v) is 7.13. The first kappa shape index (κ1) is 13.2. The summed E-state index contributed by atoms with van der Waals surface area (Å²) in [5.41, 5.74) is 3.07. The van der Waals surface area contributed by atoms with Crippen LogP contribution in [0.1, 0.15) is 43.2 Å². The van der Waals surface area contributed by atoms with Crippen LogP contribution >= 0.6 is 0 Å². The van der Waals surface area contributed by atoms with Gasteiger partial charge in [-0.25, -0.2) is 0 Å². The number of nitrogens with zero attached hydrogens (tertiary/aromatic N) is 1. The predicted molar refractivity (Wildman–Crippen MR) is 77.3 cm³/mol. The van der Waals surface area contributed by atoms with Crippen molar-refractivity contribution >= 4 is 0 Å². The molecular weight excluding hydrogens is 218 g/mol. The van der Waals surface area contributed by atoms with Gasteiger partial charge in [-0.3, -0.25) is 4.90 Å². The van der Waals surface area contributed by atoms with Gasteiger partial charge >= 0.3 is 0 Å². The maximum atomic E-state index is 5.25. The monoisotopic (exact) mass is 241 g/mol. The fourth-order valence-electron chi connectivity index (χ4n) is 2.66. The smallest absolute Gasteiger partial charge is 0.0236 e. The van der Waals surface area contributed by atoms with E-state index in [-0.39, 0.29) is 0 Å². The summed E-state index contributed by atoms with van der Waals surface area (Å²) >= 11 is 0. The van der Waals surface area contributed by atoms with Crippen molar-refractivity contribution in [2.24, 2.45) is 0 Å². The van der Waals surface area contributed by atoms with Crippen molar-refractivity contribution in [3.05, 3.63) is 35.4 Å². The normalized spacial score (nSPS) is 15.1. The molecule has 1 aliphatic rings. The lowest BCUT2D eigenvalue weighted by atomic mass is 10.00. The van der Waals surface area contributed by atoms with Crippen molar-refractivity contribution in [2.45, 2.75) is 45.1 Å². The molecule has 0 saturated carbocycles. The fraction of sp³-hybridized carbons (Fsp3) is 0.529. The quantitative estimate of drug-likeness (QED) is 0.543. The van der Waals surface area contributed by atoms with Crippen LogP contribution in [-0.4, -0.2) is 18.0 Å². The molecule has 0 saturated heterocycles. The van der Waals surface area contributed by atoms with Gasteiger partial charge in [0.25, 0.3) is 0 Å². The van der Waals surface area contributed by atoms with Crippen LogP contribution in [0, 0.1) is 12.3 Å². The minimum absolute atomic E-state index is 0.942. The first-order valence-electron chi connectivity index (χ1n) is 7.13. The number of fused-ring (bicyclic) bond motifs is 1. The summed E-state index contributed by atoms with van der Waals surface area (Å²) in [5.74, 6) is 2.71. The second kappa shape index (κ2) is 7.24. The highest BCUT2D eigenvalue weighted by atomic mass is 15.1. The lowest BCUT2D eigenvalue weighted by molar-refractivity contribution is 0.248. The summed E-state index contributed by atoms with van der Waals surface area (Å²) in [6, 6.07) is 8.85. The molecule has 0 aromatic heterocycles. The van der Waals surface area contributed by atoms with Crippen molar-refractivity contribution < 1.29 is 0 Å². The SMILES string of the molecule is C#CCCCCCCN1CCc2ccccc2C1. The second-order valence-corrected chi connectivity index (χ2v) is 5.16. The van der Waals surface area contributed by atoms with Gasteiger partial charge in [-0.2, -0.15) is 0 Å². The second-order valence-electron chi connectivity index (χ2n) is 5.16. The average molecular weight is 241 g/mol. The third-order valence-corrected chi connectivity index (χ3v) is 3.76. The Morgan fingerprint density at radius 1 is 1.06 bits per heavy atom. The van der Waals surface area contributed by atoms with Crippen LogP contribution < -0.4 is 0 Å². The van der Waals surface area contributed by atoms with Gasteiger partial charge in [0.15, 0.2) is 0 Å². The van der Waals surface area contributed by atoms with Crippen LogP contribution in [0.4, 0.5) is 0 Å². The molecule has 0 bridgehead atoms. The summed E-state index contributed by atoms with van der Waals surface area (Å²) in [6.45, 7) is 3.60. The Labute approximate surface area is 111 Å². The lowest BCUT2D eigenvalue weighted by Crippen LogP contribution is -2.31. The third-order valence-electron chi connectivity index (χ3n) is 3.76. The van der Waals surface area contributed by atoms with Crippen molar-refractivity contribution in [3.8, 4) is 12.3 Å². The van der Waals surface area contributed by atoms with Crippen LogP contribution in [0.2, 0.25) is 0 Å². The van der Waals surface area contributed by atoms with Crippen LogP contribution in [0.15, 0.2) is 24.3 Å². The van der Waals surface area contributed by atoms with Gasteiger partial charge in [0.2, 0.25) is 0 Å². The molecule has 0 unspecified atom stereocenters. The molecule has 1 aliphatic heterocycles. The van der Waals surface area contributed by atoms with E-state index in [2.05, 4.69) is 35.1 Å². The number of rotatable bonds is 6. The molecule has 1 heteroatoms. The molecule has 1 heterocycles. The zero-order valence-corrected chi connectivity index (χ0v) is 11.2. The lowest BCUT2D eigenvalue weighted by Gasteiger charge is -2.28. The van der Waals surface area contributed by atoms with Crippen LogP contribution in [-0.2, 0) is 13.0 Å². The summed E-state index contributed by atoms with van der Waals surface area (Å²) in [4.78, 5) is 2.59. The molecule has 18 heavy (non-hydrogen) atoms. The molecule has 96 valence electrons. The molecule has 0 amide bonds. The molecule has 0 spiro atoms. The van der Waals surface area contributed by atoms with Gasteiger partial charge in [-0.1, -0.05) is 37.1 Å². The Morgan fingerprint density at radius 2 is 1.83 bits per heavy atom. The van der Waals surface area contributed by atoms with Gasteiger partial charge in [0.1, 0.15) is 0 Å². The Hall–Kier alpha value is -1.26. The number of unbranched alkanes of at least 4 members (excludes halogenated alkanes) is 4. The number of hydrogen-bond donors (Lipinski definition) is 0. The molecular formula is C17H23N. The molecule has 1 aromatic rings. The minimum Gasteiger partial charge on any atom is -0.299 e. The van der Waals surface area contributed by atoms with E-state index in [1.165, 1.54) is 50.8 Å². The molecule has 2 rings (SSSR count). The molecule has 1 nitrogen and oxygen atoms in total. The van der Waals surface area contributed by atoms with E-state index in [9.17, 15) is 0 Å². The number of terminal acetylenes is 1. The Morgan fingerprint density at radius 3 is 2.67 bits per heavy atom.